The summed E-state index contributed by atoms with van der Waals surface area (Å²) in [6, 6.07) is 3.98. The van der Waals surface area contributed by atoms with Gasteiger partial charge in [0, 0.05) is 45.1 Å². The molecule has 0 N–H and O–H groups in total. The number of pyridine rings is 1. The maximum atomic E-state index is 11.9. The van der Waals surface area contributed by atoms with E-state index in [1.165, 1.54) is 16.1 Å². The summed E-state index contributed by atoms with van der Waals surface area (Å²) >= 11 is 0. The van der Waals surface area contributed by atoms with Crippen molar-refractivity contribution >= 4 is 10.0 Å². The van der Waals surface area contributed by atoms with Gasteiger partial charge < -0.3 is 9.47 Å². The molecule has 3 rings (SSSR count). The van der Waals surface area contributed by atoms with Crippen molar-refractivity contribution in [3.63, 3.8) is 0 Å². The predicted octanol–water partition coefficient (Wildman–Crippen LogP) is -0.0556. The topological polar surface area (TPSA) is 72.0 Å². The Morgan fingerprint density at radius 1 is 1.22 bits per heavy atom. The minimum Gasteiger partial charge on any atom is -0.377 e. The van der Waals surface area contributed by atoms with Gasteiger partial charge in [0.15, 0.2) is 0 Å². The highest BCUT2D eigenvalue weighted by Crippen LogP contribution is 2.24. The van der Waals surface area contributed by atoms with E-state index in [2.05, 4.69) is 9.88 Å². The van der Waals surface area contributed by atoms with Crippen LogP contribution in [0.5, 0.6) is 0 Å². The molecule has 2 saturated heterocycles. The zero-order valence-corrected chi connectivity index (χ0v) is 14.2. The summed E-state index contributed by atoms with van der Waals surface area (Å²) in [5.41, 5.74) is 0.582. The third kappa shape index (κ3) is 4.27. The Morgan fingerprint density at radius 2 is 2.00 bits per heavy atom. The van der Waals surface area contributed by atoms with E-state index in [0.717, 1.165) is 13.1 Å². The first kappa shape index (κ1) is 16.8. The molecule has 0 bridgehead atoms. The smallest absolute Gasteiger partial charge is 0.211 e. The molecule has 23 heavy (non-hydrogen) atoms. The molecule has 0 aromatic carbocycles. The number of hydrogen-bond acceptors (Lipinski definition) is 6. The van der Waals surface area contributed by atoms with Crippen LogP contribution in [0.4, 0.5) is 0 Å². The van der Waals surface area contributed by atoms with Gasteiger partial charge in [-0.25, -0.2) is 8.42 Å². The summed E-state index contributed by atoms with van der Waals surface area (Å²) in [6.45, 7) is 4.42. The molecular weight excluding hydrogens is 318 g/mol. The quantitative estimate of drug-likeness (QED) is 0.767. The summed E-state index contributed by atoms with van der Waals surface area (Å²) in [7, 11) is -3.22. The fourth-order valence-electron chi connectivity index (χ4n) is 3.14. The van der Waals surface area contributed by atoms with E-state index >= 15 is 0 Å². The maximum absolute atomic E-state index is 11.9. The lowest BCUT2D eigenvalue weighted by atomic mass is 10.0. The van der Waals surface area contributed by atoms with Gasteiger partial charge >= 0.3 is 0 Å². The lowest BCUT2D eigenvalue weighted by Gasteiger charge is -2.42. The Morgan fingerprint density at radius 3 is 2.74 bits per heavy atom. The molecule has 128 valence electrons. The van der Waals surface area contributed by atoms with Crippen molar-refractivity contribution in [2.24, 2.45) is 0 Å². The molecule has 2 fully saturated rings. The van der Waals surface area contributed by atoms with E-state index in [-0.39, 0.29) is 0 Å². The lowest BCUT2D eigenvalue weighted by molar-refractivity contribution is -0.126. The van der Waals surface area contributed by atoms with Crippen LogP contribution in [0.25, 0.3) is 0 Å². The number of aromatic nitrogens is 1. The number of hydrogen-bond donors (Lipinski definition) is 0. The molecule has 2 aliphatic rings. The third-order valence-corrected chi connectivity index (χ3v) is 5.52. The first-order valence-electron chi connectivity index (χ1n) is 7.75. The Kier molecular flexibility index (Phi) is 4.98. The minimum atomic E-state index is -3.22. The molecular formula is C15H23N3O4S. The summed E-state index contributed by atoms with van der Waals surface area (Å²) in [6.07, 6.45) is 4.81. The number of nitrogens with zero attached hydrogens (tertiary/aromatic N) is 3. The number of ether oxygens (including phenoxy) is 2. The molecule has 1 spiro atoms. The molecule has 3 heterocycles. The van der Waals surface area contributed by atoms with Crippen LogP contribution in [0.2, 0.25) is 0 Å². The van der Waals surface area contributed by atoms with Gasteiger partial charge in [0.2, 0.25) is 10.0 Å². The van der Waals surface area contributed by atoms with Crippen molar-refractivity contribution in [3.05, 3.63) is 30.1 Å². The van der Waals surface area contributed by atoms with E-state index in [0.29, 0.717) is 39.5 Å². The molecule has 0 aliphatic carbocycles. The second-order valence-electron chi connectivity index (χ2n) is 6.25. The molecule has 8 heteroatoms. The van der Waals surface area contributed by atoms with Crippen molar-refractivity contribution in [3.8, 4) is 0 Å². The second-order valence-corrected chi connectivity index (χ2v) is 8.23. The standard InChI is InChI=1S/C15H23N3O4S/c1-23(19,20)18-7-9-22-15(12-18)11-17(6-8-21-13-15)10-14-2-4-16-5-3-14/h2-5H,6-13H2,1H3. The fourth-order valence-corrected chi connectivity index (χ4v) is 4.02. The van der Waals surface area contributed by atoms with Crippen LogP contribution in [0.1, 0.15) is 5.56 Å². The Balaban J connectivity index is 1.73. The van der Waals surface area contributed by atoms with Gasteiger partial charge in [-0.2, -0.15) is 4.31 Å². The van der Waals surface area contributed by atoms with Crippen LogP contribution >= 0.6 is 0 Å². The summed E-state index contributed by atoms with van der Waals surface area (Å²) in [5.74, 6) is 0. The van der Waals surface area contributed by atoms with Gasteiger partial charge in [-0.1, -0.05) is 0 Å². The van der Waals surface area contributed by atoms with E-state index in [4.69, 9.17) is 9.47 Å². The van der Waals surface area contributed by atoms with Crippen molar-refractivity contribution in [2.45, 2.75) is 12.1 Å². The molecule has 2 aliphatic heterocycles. The van der Waals surface area contributed by atoms with Crippen LogP contribution < -0.4 is 0 Å². The zero-order valence-electron chi connectivity index (χ0n) is 13.3. The number of rotatable bonds is 3. The Bertz CT molecular complexity index is 625. The minimum absolute atomic E-state index is 0.346. The van der Waals surface area contributed by atoms with E-state index in [1.807, 2.05) is 12.1 Å². The van der Waals surface area contributed by atoms with Crippen LogP contribution in [0, 0.1) is 0 Å². The number of morpholine rings is 1. The highest BCUT2D eigenvalue weighted by molar-refractivity contribution is 7.88. The van der Waals surface area contributed by atoms with Crippen LogP contribution in [-0.4, -0.2) is 80.5 Å². The number of sulfonamides is 1. The van der Waals surface area contributed by atoms with Crippen LogP contribution in [-0.2, 0) is 26.0 Å². The zero-order chi connectivity index (χ0) is 16.3. The molecule has 1 aromatic heterocycles. The van der Waals surface area contributed by atoms with Crippen molar-refractivity contribution in [2.75, 3.05) is 52.3 Å². The van der Waals surface area contributed by atoms with Crippen molar-refractivity contribution < 1.29 is 17.9 Å². The van der Waals surface area contributed by atoms with Gasteiger partial charge in [0.05, 0.1) is 26.1 Å². The molecule has 7 nitrogen and oxygen atoms in total. The first-order chi connectivity index (χ1) is 11.0. The molecule has 0 saturated carbocycles. The highest BCUT2D eigenvalue weighted by Gasteiger charge is 2.42. The fraction of sp³-hybridized carbons (Fsp3) is 0.667. The average Bonchev–Trinajstić information content (AvgIpc) is 2.70. The van der Waals surface area contributed by atoms with E-state index in [9.17, 15) is 8.42 Å². The largest absolute Gasteiger partial charge is 0.377 e. The monoisotopic (exact) mass is 341 g/mol. The lowest BCUT2D eigenvalue weighted by Crippen LogP contribution is -2.59. The highest BCUT2D eigenvalue weighted by atomic mass is 32.2. The first-order valence-corrected chi connectivity index (χ1v) is 9.60. The van der Waals surface area contributed by atoms with Gasteiger partial charge in [0.1, 0.15) is 5.60 Å². The molecule has 1 atom stereocenters. The van der Waals surface area contributed by atoms with Gasteiger partial charge in [-0.05, 0) is 17.7 Å². The summed E-state index contributed by atoms with van der Waals surface area (Å²) in [5, 5.41) is 0. The molecule has 1 aromatic rings. The van der Waals surface area contributed by atoms with Crippen LogP contribution in [0.15, 0.2) is 24.5 Å². The summed E-state index contributed by atoms with van der Waals surface area (Å²) in [4.78, 5) is 6.29. The Labute approximate surface area is 137 Å². The van der Waals surface area contributed by atoms with Crippen molar-refractivity contribution in [1.82, 2.24) is 14.2 Å². The predicted molar refractivity (Wildman–Crippen MR) is 85.4 cm³/mol. The summed E-state index contributed by atoms with van der Waals surface area (Å²) < 4.78 is 37.0. The maximum Gasteiger partial charge on any atom is 0.211 e. The average molecular weight is 341 g/mol. The normalized spacial score (nSPS) is 27.9. The van der Waals surface area contributed by atoms with E-state index in [1.54, 1.807) is 12.4 Å². The molecule has 0 amide bonds. The van der Waals surface area contributed by atoms with E-state index < -0.39 is 15.6 Å². The van der Waals surface area contributed by atoms with Crippen molar-refractivity contribution in [1.29, 1.82) is 0 Å². The van der Waals surface area contributed by atoms with Gasteiger partial charge in [-0.3, -0.25) is 9.88 Å². The Hall–Kier alpha value is -1.06. The second kappa shape index (κ2) is 6.82. The van der Waals surface area contributed by atoms with Crippen LogP contribution in [0.3, 0.4) is 0 Å². The van der Waals surface area contributed by atoms with Gasteiger partial charge in [0.25, 0.3) is 0 Å². The molecule has 1 unspecified atom stereocenters. The SMILES string of the molecule is CS(=O)(=O)N1CCOC2(COCCN(Cc3ccncc3)C2)C1. The molecule has 0 radical (unpaired) electrons. The van der Waals surface area contributed by atoms with Gasteiger partial charge in [-0.15, -0.1) is 0 Å². The third-order valence-electron chi connectivity index (χ3n) is 4.27.